The molecule has 0 spiro atoms. The van der Waals surface area contributed by atoms with Crippen molar-refractivity contribution in [3.05, 3.63) is 24.4 Å². The Hall–Kier alpha value is -1.62. The Morgan fingerprint density at radius 2 is 1.70 bits per heavy atom. The second kappa shape index (κ2) is 7.08. The van der Waals surface area contributed by atoms with Gasteiger partial charge in [-0.2, -0.15) is 0 Å². The molecule has 0 aromatic carbocycles. The Bertz CT molecular complexity index is 633. The number of hydrogen-bond acceptors (Lipinski definition) is 4. The van der Waals surface area contributed by atoms with Gasteiger partial charge in [-0.1, -0.05) is 6.07 Å². The molecular formula is C22H32N4O. The van der Waals surface area contributed by atoms with Gasteiger partial charge in [-0.05, 0) is 73.8 Å². The number of anilines is 1. The number of carbonyl (C=O) groups excluding carboxylic acids is 1. The Morgan fingerprint density at radius 1 is 1.04 bits per heavy atom. The molecule has 2 heterocycles. The molecule has 1 N–H and O–H groups in total. The van der Waals surface area contributed by atoms with Crippen molar-refractivity contribution in [3.8, 4) is 0 Å². The van der Waals surface area contributed by atoms with Crippen molar-refractivity contribution < 1.29 is 4.79 Å². The molecule has 4 saturated carbocycles. The number of carbonyl (C=O) groups is 1. The van der Waals surface area contributed by atoms with Crippen molar-refractivity contribution in [1.82, 2.24) is 15.2 Å². The number of pyridine rings is 1. The van der Waals surface area contributed by atoms with Crippen molar-refractivity contribution in [2.75, 3.05) is 44.2 Å². The zero-order valence-corrected chi connectivity index (χ0v) is 16.3. The van der Waals surface area contributed by atoms with E-state index in [2.05, 4.69) is 26.2 Å². The van der Waals surface area contributed by atoms with Crippen LogP contribution in [0.4, 0.5) is 5.82 Å². The smallest absolute Gasteiger partial charge is 0.234 e. The monoisotopic (exact) mass is 368 g/mol. The Balaban J connectivity index is 1.08. The van der Waals surface area contributed by atoms with Crippen molar-refractivity contribution in [3.63, 3.8) is 0 Å². The van der Waals surface area contributed by atoms with Crippen LogP contribution < -0.4 is 10.2 Å². The zero-order valence-electron chi connectivity index (χ0n) is 16.3. The second-order valence-electron chi connectivity index (χ2n) is 9.65. The first-order valence-corrected chi connectivity index (χ1v) is 10.8. The van der Waals surface area contributed by atoms with E-state index in [4.69, 9.17) is 0 Å². The van der Waals surface area contributed by atoms with Crippen LogP contribution in [0.2, 0.25) is 0 Å². The third-order valence-electron chi connectivity index (χ3n) is 7.54. The maximum absolute atomic E-state index is 12.6. The van der Waals surface area contributed by atoms with Gasteiger partial charge in [0, 0.05) is 38.9 Å². The third-order valence-corrected chi connectivity index (χ3v) is 7.54. The van der Waals surface area contributed by atoms with Crippen LogP contribution in [0.3, 0.4) is 0 Å². The third kappa shape index (κ3) is 3.71. The molecule has 1 aromatic rings. The van der Waals surface area contributed by atoms with Crippen molar-refractivity contribution in [1.29, 1.82) is 0 Å². The minimum absolute atomic E-state index is 0.219. The summed E-state index contributed by atoms with van der Waals surface area (Å²) in [6.45, 7) is 5.22. The molecule has 0 unspecified atom stereocenters. The lowest BCUT2D eigenvalue weighted by atomic mass is 9.49. The largest absolute Gasteiger partial charge is 0.354 e. The second-order valence-corrected chi connectivity index (χ2v) is 9.65. The number of rotatable bonds is 5. The van der Waals surface area contributed by atoms with E-state index in [1.165, 1.54) is 38.5 Å². The van der Waals surface area contributed by atoms with Crippen LogP contribution in [0, 0.1) is 23.2 Å². The average Bonchev–Trinajstić information content (AvgIpc) is 2.67. The predicted octanol–water partition coefficient (Wildman–Crippen LogP) is 2.54. The summed E-state index contributed by atoms with van der Waals surface area (Å²) in [5.74, 6) is 4.12. The lowest BCUT2D eigenvalue weighted by Crippen LogP contribution is -2.53. The number of piperazine rings is 1. The molecule has 5 fully saturated rings. The molecule has 1 saturated heterocycles. The van der Waals surface area contributed by atoms with E-state index < -0.39 is 0 Å². The fourth-order valence-electron chi connectivity index (χ4n) is 6.73. The van der Waals surface area contributed by atoms with Crippen molar-refractivity contribution >= 4 is 11.7 Å². The standard InChI is InChI=1S/C22H32N4O/c27-21(15-25-5-7-26(8-6-25)20-3-1-2-4-23-20)24-16-22-12-17-9-18(13-22)11-19(10-17)14-22/h1-4,17-19H,5-16H2,(H,24,27). The van der Waals surface area contributed by atoms with E-state index in [0.717, 1.165) is 56.3 Å². The molecule has 1 aliphatic heterocycles. The van der Waals surface area contributed by atoms with Crippen LogP contribution in [0.25, 0.3) is 0 Å². The van der Waals surface area contributed by atoms with Gasteiger partial charge in [-0.15, -0.1) is 0 Å². The summed E-state index contributed by atoms with van der Waals surface area (Å²) >= 11 is 0. The van der Waals surface area contributed by atoms with Crippen LogP contribution in [0.5, 0.6) is 0 Å². The number of nitrogens with zero attached hydrogens (tertiary/aromatic N) is 3. The molecule has 4 aliphatic carbocycles. The fraction of sp³-hybridized carbons (Fsp3) is 0.727. The normalized spacial score (nSPS) is 35.4. The van der Waals surface area contributed by atoms with E-state index in [1.807, 2.05) is 18.3 Å². The quantitative estimate of drug-likeness (QED) is 0.868. The van der Waals surface area contributed by atoms with Gasteiger partial charge >= 0.3 is 0 Å². The fourth-order valence-corrected chi connectivity index (χ4v) is 6.73. The topological polar surface area (TPSA) is 48.5 Å². The van der Waals surface area contributed by atoms with Crippen LogP contribution in [-0.4, -0.2) is 55.1 Å². The summed E-state index contributed by atoms with van der Waals surface area (Å²) in [7, 11) is 0. The van der Waals surface area contributed by atoms with Gasteiger partial charge < -0.3 is 10.2 Å². The summed E-state index contributed by atoms with van der Waals surface area (Å²) in [5, 5.41) is 3.32. The van der Waals surface area contributed by atoms with E-state index in [0.29, 0.717) is 12.0 Å². The van der Waals surface area contributed by atoms with Crippen LogP contribution >= 0.6 is 0 Å². The number of aromatic nitrogens is 1. The number of hydrogen-bond donors (Lipinski definition) is 1. The first kappa shape index (κ1) is 17.5. The lowest BCUT2D eigenvalue weighted by Gasteiger charge is -2.57. The maximum Gasteiger partial charge on any atom is 0.234 e. The van der Waals surface area contributed by atoms with E-state index in [1.54, 1.807) is 0 Å². The van der Waals surface area contributed by atoms with Gasteiger partial charge in [0.25, 0.3) is 0 Å². The SMILES string of the molecule is O=C(CN1CCN(c2ccccn2)CC1)NCC12CC3CC(CC(C3)C1)C2. The van der Waals surface area contributed by atoms with Crippen LogP contribution in [0.15, 0.2) is 24.4 Å². The summed E-state index contributed by atoms with van der Waals surface area (Å²) < 4.78 is 0. The molecule has 5 heteroatoms. The Morgan fingerprint density at radius 3 is 2.30 bits per heavy atom. The van der Waals surface area contributed by atoms with Gasteiger partial charge in [-0.3, -0.25) is 9.69 Å². The minimum Gasteiger partial charge on any atom is -0.354 e. The molecule has 4 bridgehead atoms. The summed E-state index contributed by atoms with van der Waals surface area (Å²) in [4.78, 5) is 21.6. The molecule has 5 nitrogen and oxygen atoms in total. The van der Waals surface area contributed by atoms with E-state index in [9.17, 15) is 4.79 Å². The van der Waals surface area contributed by atoms with E-state index in [-0.39, 0.29) is 5.91 Å². The summed E-state index contributed by atoms with van der Waals surface area (Å²) in [6.07, 6.45) is 10.3. The van der Waals surface area contributed by atoms with Crippen LogP contribution in [-0.2, 0) is 4.79 Å². The maximum atomic E-state index is 12.6. The highest BCUT2D eigenvalue weighted by atomic mass is 16.2. The Kier molecular flexibility index (Phi) is 4.58. The molecule has 0 atom stereocenters. The van der Waals surface area contributed by atoms with Gasteiger partial charge in [-0.25, -0.2) is 4.98 Å². The van der Waals surface area contributed by atoms with Crippen LogP contribution in [0.1, 0.15) is 38.5 Å². The summed E-state index contributed by atoms with van der Waals surface area (Å²) in [6, 6.07) is 6.05. The lowest BCUT2D eigenvalue weighted by molar-refractivity contribution is -0.124. The van der Waals surface area contributed by atoms with Gasteiger partial charge in [0.2, 0.25) is 5.91 Å². The molecule has 0 radical (unpaired) electrons. The molecule has 1 amide bonds. The van der Waals surface area contributed by atoms with Gasteiger partial charge in [0.15, 0.2) is 0 Å². The van der Waals surface area contributed by atoms with Gasteiger partial charge in [0.1, 0.15) is 5.82 Å². The highest BCUT2D eigenvalue weighted by molar-refractivity contribution is 5.78. The predicted molar refractivity (Wildman–Crippen MR) is 107 cm³/mol. The molecule has 146 valence electrons. The molecule has 6 rings (SSSR count). The molecule has 1 aromatic heterocycles. The number of nitrogens with one attached hydrogen (secondary N) is 1. The molecular weight excluding hydrogens is 336 g/mol. The zero-order chi connectivity index (χ0) is 18.3. The van der Waals surface area contributed by atoms with Crippen molar-refractivity contribution in [2.24, 2.45) is 23.2 Å². The highest BCUT2D eigenvalue weighted by Crippen LogP contribution is 2.59. The van der Waals surface area contributed by atoms with Gasteiger partial charge in [0.05, 0.1) is 6.54 Å². The Labute approximate surface area is 162 Å². The summed E-state index contributed by atoms with van der Waals surface area (Å²) in [5.41, 5.74) is 0.433. The highest BCUT2D eigenvalue weighted by Gasteiger charge is 2.50. The van der Waals surface area contributed by atoms with Crippen molar-refractivity contribution in [2.45, 2.75) is 38.5 Å². The van der Waals surface area contributed by atoms with E-state index >= 15 is 0 Å². The molecule has 5 aliphatic rings. The first-order valence-electron chi connectivity index (χ1n) is 10.8. The molecule has 27 heavy (non-hydrogen) atoms. The number of amides is 1. The average molecular weight is 369 g/mol. The minimum atomic E-state index is 0.219. The first-order chi connectivity index (χ1) is 13.2.